The molecule has 0 bridgehead atoms. The number of nitrogens with zero attached hydrogens (tertiary/aromatic N) is 6. The van der Waals surface area contributed by atoms with Crippen LogP contribution in [0.3, 0.4) is 0 Å². The average Bonchev–Trinajstić information content (AvgIpc) is 2.95. The highest BCUT2D eigenvalue weighted by Crippen LogP contribution is 2.18. The molecule has 10 nitrogen and oxygen atoms in total. The first-order chi connectivity index (χ1) is 10.8. The fraction of sp³-hybridized carbons (Fsp3) is 0.308. The topological polar surface area (TPSA) is 140 Å². The van der Waals surface area contributed by atoms with E-state index in [0.29, 0.717) is 5.56 Å². The second-order valence-corrected chi connectivity index (χ2v) is 5.23. The lowest BCUT2D eigenvalue weighted by Gasteiger charge is -2.16. The van der Waals surface area contributed by atoms with Crippen LogP contribution in [0.5, 0.6) is 0 Å². The molecular weight excluding hydrogens is 302 g/mol. The van der Waals surface area contributed by atoms with Crippen molar-refractivity contribution < 1.29 is 9.72 Å². The number of aromatic nitrogens is 4. The molecular formula is C13H13N7O3. The molecule has 1 heterocycles. The van der Waals surface area contributed by atoms with Crippen molar-refractivity contribution in [3.05, 3.63) is 34.4 Å². The zero-order valence-electron chi connectivity index (χ0n) is 12.4. The van der Waals surface area contributed by atoms with E-state index >= 15 is 0 Å². The summed E-state index contributed by atoms with van der Waals surface area (Å²) in [4.78, 5) is 23.0. The highest BCUT2D eigenvalue weighted by molar-refractivity contribution is 5.76. The highest BCUT2D eigenvalue weighted by atomic mass is 16.6. The maximum Gasteiger partial charge on any atom is 0.269 e. The van der Waals surface area contributed by atoms with Crippen LogP contribution in [0.1, 0.15) is 13.8 Å². The minimum Gasteiger partial charge on any atom is -0.337 e. The van der Waals surface area contributed by atoms with Crippen LogP contribution in [0.25, 0.3) is 11.4 Å². The van der Waals surface area contributed by atoms with E-state index in [1.165, 1.54) is 24.3 Å². The van der Waals surface area contributed by atoms with Gasteiger partial charge in [0.05, 0.1) is 11.0 Å². The molecule has 0 spiro atoms. The van der Waals surface area contributed by atoms with E-state index in [-0.39, 0.29) is 18.1 Å². The van der Waals surface area contributed by atoms with E-state index in [0.717, 1.165) is 4.80 Å². The number of rotatable bonds is 5. The Hall–Kier alpha value is -3.35. The summed E-state index contributed by atoms with van der Waals surface area (Å²) in [5.41, 5.74) is -0.488. The van der Waals surface area contributed by atoms with Crippen LogP contribution in [0, 0.1) is 21.4 Å². The number of carbonyl (C=O) groups is 1. The number of nitro benzene ring substituents is 1. The predicted molar refractivity (Wildman–Crippen MR) is 77.7 cm³/mol. The predicted octanol–water partition coefficient (Wildman–Crippen LogP) is 0.667. The third-order valence-electron chi connectivity index (χ3n) is 2.81. The number of nitrogens with one attached hydrogen (secondary N) is 1. The summed E-state index contributed by atoms with van der Waals surface area (Å²) >= 11 is 0. The Morgan fingerprint density at radius 1 is 1.43 bits per heavy atom. The maximum absolute atomic E-state index is 11.8. The number of non-ortho nitro benzene ring substituents is 1. The minimum atomic E-state index is -0.987. The van der Waals surface area contributed by atoms with Gasteiger partial charge in [-0.2, -0.15) is 10.1 Å². The van der Waals surface area contributed by atoms with Crippen molar-refractivity contribution in [2.24, 2.45) is 0 Å². The van der Waals surface area contributed by atoms with Crippen LogP contribution in [0.15, 0.2) is 24.3 Å². The quantitative estimate of drug-likeness (QED) is 0.631. The molecule has 0 aliphatic carbocycles. The van der Waals surface area contributed by atoms with Crippen molar-refractivity contribution >= 4 is 11.6 Å². The lowest BCUT2D eigenvalue weighted by Crippen LogP contribution is -2.43. The van der Waals surface area contributed by atoms with E-state index < -0.39 is 16.4 Å². The molecule has 1 aromatic carbocycles. The van der Waals surface area contributed by atoms with E-state index in [4.69, 9.17) is 5.26 Å². The fourth-order valence-electron chi connectivity index (χ4n) is 1.70. The Morgan fingerprint density at radius 3 is 2.65 bits per heavy atom. The largest absolute Gasteiger partial charge is 0.337 e. The molecule has 0 radical (unpaired) electrons. The van der Waals surface area contributed by atoms with Crippen molar-refractivity contribution in [1.29, 1.82) is 5.26 Å². The summed E-state index contributed by atoms with van der Waals surface area (Å²) in [6.45, 7) is 2.95. The summed E-state index contributed by atoms with van der Waals surface area (Å²) in [6, 6.07) is 7.61. The van der Waals surface area contributed by atoms with Crippen molar-refractivity contribution in [3.8, 4) is 17.5 Å². The van der Waals surface area contributed by atoms with Crippen LogP contribution >= 0.6 is 0 Å². The molecule has 23 heavy (non-hydrogen) atoms. The van der Waals surface area contributed by atoms with Crippen molar-refractivity contribution in [3.63, 3.8) is 0 Å². The monoisotopic (exact) mass is 315 g/mol. The van der Waals surface area contributed by atoms with Crippen molar-refractivity contribution in [2.45, 2.75) is 25.9 Å². The van der Waals surface area contributed by atoms with Crippen LogP contribution in [-0.2, 0) is 11.3 Å². The zero-order valence-corrected chi connectivity index (χ0v) is 12.4. The lowest BCUT2D eigenvalue weighted by molar-refractivity contribution is -0.384. The third-order valence-corrected chi connectivity index (χ3v) is 2.81. The van der Waals surface area contributed by atoms with Crippen LogP contribution in [0.2, 0.25) is 0 Å². The molecule has 10 heteroatoms. The molecule has 1 N–H and O–H groups in total. The number of hydrogen-bond acceptors (Lipinski definition) is 7. The number of carbonyl (C=O) groups excluding carboxylic acids is 1. The van der Waals surface area contributed by atoms with Crippen molar-refractivity contribution in [1.82, 2.24) is 25.5 Å². The number of nitro groups is 1. The zero-order chi connectivity index (χ0) is 17.0. The molecule has 1 amide bonds. The third kappa shape index (κ3) is 4.07. The molecule has 0 fully saturated rings. The summed E-state index contributed by atoms with van der Waals surface area (Å²) in [5, 5.41) is 33.6. The summed E-state index contributed by atoms with van der Waals surface area (Å²) < 4.78 is 0. The molecule has 0 aliphatic rings. The molecule has 0 aliphatic heterocycles. The SMILES string of the molecule is CC(C)(C#N)NC(=O)Cn1nnc(-c2ccc([N+](=O)[O-])cc2)n1. The minimum absolute atomic E-state index is 0.0424. The molecule has 118 valence electrons. The van der Waals surface area contributed by atoms with Gasteiger partial charge in [0.25, 0.3) is 5.69 Å². The molecule has 0 saturated carbocycles. The van der Waals surface area contributed by atoms with Gasteiger partial charge in [0.15, 0.2) is 0 Å². The number of hydrogen-bond donors (Lipinski definition) is 1. The molecule has 0 atom stereocenters. The van der Waals surface area contributed by atoms with Gasteiger partial charge in [-0.15, -0.1) is 10.2 Å². The van der Waals surface area contributed by atoms with E-state index in [9.17, 15) is 14.9 Å². The number of nitriles is 1. The standard InChI is InChI=1S/C13H13N7O3/c1-13(2,8-14)15-11(21)7-19-17-12(16-18-19)9-3-5-10(6-4-9)20(22)23/h3-6H,7H2,1-2H3,(H,15,21). The van der Waals surface area contributed by atoms with E-state index in [1.807, 2.05) is 6.07 Å². The first kappa shape index (κ1) is 16.0. The van der Waals surface area contributed by atoms with Gasteiger partial charge in [-0.1, -0.05) is 0 Å². The van der Waals surface area contributed by atoms with Gasteiger partial charge in [-0.3, -0.25) is 14.9 Å². The fourth-order valence-corrected chi connectivity index (χ4v) is 1.70. The second kappa shape index (κ2) is 6.18. The van der Waals surface area contributed by atoms with Crippen molar-refractivity contribution in [2.75, 3.05) is 0 Å². The Kier molecular flexibility index (Phi) is 4.31. The van der Waals surface area contributed by atoms with Crippen LogP contribution < -0.4 is 5.32 Å². The van der Waals surface area contributed by atoms with Gasteiger partial charge in [-0.25, -0.2) is 0 Å². The molecule has 0 unspecified atom stereocenters. The first-order valence-electron chi connectivity index (χ1n) is 6.55. The average molecular weight is 315 g/mol. The summed E-state index contributed by atoms with van der Waals surface area (Å²) in [6.07, 6.45) is 0. The highest BCUT2D eigenvalue weighted by Gasteiger charge is 2.20. The van der Waals surface area contributed by atoms with E-state index in [2.05, 4.69) is 20.7 Å². The first-order valence-corrected chi connectivity index (χ1v) is 6.55. The Morgan fingerprint density at radius 2 is 2.09 bits per heavy atom. The smallest absolute Gasteiger partial charge is 0.269 e. The molecule has 1 aromatic heterocycles. The normalized spacial score (nSPS) is 10.8. The second-order valence-electron chi connectivity index (χ2n) is 5.23. The Bertz CT molecular complexity index is 774. The molecule has 2 rings (SSSR count). The lowest BCUT2D eigenvalue weighted by atomic mass is 10.1. The Balaban J connectivity index is 2.07. The van der Waals surface area contributed by atoms with E-state index in [1.54, 1.807) is 13.8 Å². The summed E-state index contributed by atoms with van der Waals surface area (Å²) in [7, 11) is 0. The summed E-state index contributed by atoms with van der Waals surface area (Å²) in [5.74, 6) is -0.184. The van der Waals surface area contributed by atoms with Gasteiger partial charge >= 0.3 is 0 Å². The number of tetrazole rings is 1. The van der Waals surface area contributed by atoms with Gasteiger partial charge < -0.3 is 5.32 Å². The van der Waals surface area contributed by atoms with Gasteiger partial charge in [0.2, 0.25) is 11.7 Å². The maximum atomic E-state index is 11.8. The number of amides is 1. The van der Waals surface area contributed by atoms with Crippen LogP contribution in [-0.4, -0.2) is 36.6 Å². The Labute approximate surface area is 130 Å². The van der Waals surface area contributed by atoms with Gasteiger partial charge in [-0.05, 0) is 31.2 Å². The van der Waals surface area contributed by atoms with Gasteiger partial charge in [0, 0.05) is 17.7 Å². The number of benzene rings is 1. The molecule has 2 aromatic rings. The molecule has 0 saturated heterocycles. The van der Waals surface area contributed by atoms with Gasteiger partial charge in [0.1, 0.15) is 12.1 Å². The van der Waals surface area contributed by atoms with Crippen LogP contribution in [0.4, 0.5) is 5.69 Å².